The summed E-state index contributed by atoms with van der Waals surface area (Å²) in [4.78, 5) is 12.7. The van der Waals surface area contributed by atoms with E-state index < -0.39 is 27.8 Å². The quantitative estimate of drug-likeness (QED) is 0.657. The number of halogens is 3. The number of rotatable bonds is 7. The third kappa shape index (κ3) is 5.06. The first-order chi connectivity index (χ1) is 14.2. The number of anilines is 1. The molecule has 6 nitrogen and oxygen atoms in total. The van der Waals surface area contributed by atoms with Crippen molar-refractivity contribution in [2.24, 2.45) is 0 Å². The predicted molar refractivity (Wildman–Crippen MR) is 114 cm³/mol. The summed E-state index contributed by atoms with van der Waals surface area (Å²) in [5.41, 5.74) is -0.322. The van der Waals surface area contributed by atoms with Crippen molar-refractivity contribution >= 4 is 44.8 Å². The second kappa shape index (κ2) is 9.51. The Hall–Kier alpha value is -1.87. The lowest BCUT2D eigenvalue weighted by atomic mass is 10.2. The molecule has 0 radical (unpaired) electrons. The lowest BCUT2D eigenvalue weighted by Gasteiger charge is -2.30. The maximum atomic E-state index is 14.6. The van der Waals surface area contributed by atoms with Gasteiger partial charge < -0.3 is 10.1 Å². The van der Waals surface area contributed by atoms with Gasteiger partial charge >= 0.3 is 0 Å². The summed E-state index contributed by atoms with van der Waals surface area (Å²) in [7, 11) is -4.31. The Morgan fingerprint density at radius 1 is 1.23 bits per heavy atom. The van der Waals surface area contributed by atoms with Gasteiger partial charge in [0.05, 0.1) is 16.7 Å². The van der Waals surface area contributed by atoms with E-state index in [-0.39, 0.29) is 28.3 Å². The fourth-order valence-corrected chi connectivity index (χ4v) is 5.11. The standard InChI is InChI=1S/C20H21Cl2FN2O4S/c1-13(20(26)24-12-16-3-2-10-29-16)25(19-11-15(22)6-9-18(19)23)30(27,28)17-7-4-14(21)5-8-17/h4-9,11,13,16H,2-3,10,12H2,1H3,(H,24,26). The average molecular weight is 475 g/mol. The average Bonchev–Trinajstić information content (AvgIpc) is 3.22. The molecule has 1 aliphatic heterocycles. The third-order valence-corrected chi connectivity index (χ3v) is 7.16. The molecule has 2 aromatic carbocycles. The summed E-state index contributed by atoms with van der Waals surface area (Å²) in [6.07, 6.45) is 1.59. The number of benzene rings is 2. The highest BCUT2D eigenvalue weighted by molar-refractivity contribution is 7.93. The van der Waals surface area contributed by atoms with Crippen LogP contribution < -0.4 is 9.62 Å². The first-order valence-corrected chi connectivity index (χ1v) is 11.5. The van der Waals surface area contributed by atoms with Gasteiger partial charge in [-0.15, -0.1) is 0 Å². The number of carbonyl (C=O) groups is 1. The smallest absolute Gasteiger partial charge is 0.265 e. The van der Waals surface area contributed by atoms with Crippen molar-refractivity contribution < 1.29 is 22.3 Å². The van der Waals surface area contributed by atoms with Gasteiger partial charge in [-0.1, -0.05) is 23.2 Å². The molecule has 0 aromatic heterocycles. The molecule has 0 saturated carbocycles. The van der Waals surface area contributed by atoms with Crippen LogP contribution in [0.1, 0.15) is 19.8 Å². The van der Waals surface area contributed by atoms with E-state index in [9.17, 15) is 17.6 Å². The van der Waals surface area contributed by atoms with Gasteiger partial charge in [-0.05, 0) is 62.2 Å². The first-order valence-electron chi connectivity index (χ1n) is 9.34. The van der Waals surface area contributed by atoms with Gasteiger partial charge in [0.1, 0.15) is 11.9 Å². The number of nitrogens with one attached hydrogen (secondary N) is 1. The largest absolute Gasteiger partial charge is 0.376 e. The van der Waals surface area contributed by atoms with Crippen molar-refractivity contribution in [1.29, 1.82) is 0 Å². The molecule has 1 N–H and O–H groups in total. The summed E-state index contributed by atoms with van der Waals surface area (Å²) >= 11 is 11.8. The molecule has 0 aliphatic carbocycles. The van der Waals surface area contributed by atoms with Crippen molar-refractivity contribution in [2.75, 3.05) is 17.5 Å². The van der Waals surface area contributed by atoms with E-state index in [2.05, 4.69) is 5.32 Å². The summed E-state index contributed by atoms with van der Waals surface area (Å²) in [6, 6.07) is 7.68. The van der Waals surface area contributed by atoms with Crippen LogP contribution in [0.4, 0.5) is 10.1 Å². The fourth-order valence-electron chi connectivity index (χ4n) is 3.20. The first kappa shape index (κ1) is 22.8. The van der Waals surface area contributed by atoms with Crippen LogP contribution in [0.15, 0.2) is 47.4 Å². The molecule has 0 spiro atoms. The predicted octanol–water partition coefficient (Wildman–Crippen LogP) is 4.01. The summed E-state index contributed by atoms with van der Waals surface area (Å²) in [5, 5.41) is 3.17. The Kier molecular flexibility index (Phi) is 7.23. The Labute approximate surface area is 185 Å². The van der Waals surface area contributed by atoms with Crippen LogP contribution in [0, 0.1) is 5.82 Å². The van der Waals surface area contributed by atoms with Crippen LogP contribution in [-0.4, -0.2) is 39.6 Å². The number of ether oxygens (including phenoxy) is 1. The maximum Gasteiger partial charge on any atom is 0.265 e. The molecule has 1 aliphatic rings. The highest BCUT2D eigenvalue weighted by Gasteiger charge is 2.35. The molecule has 10 heteroatoms. The number of hydrogen-bond acceptors (Lipinski definition) is 4. The zero-order valence-electron chi connectivity index (χ0n) is 16.1. The van der Waals surface area contributed by atoms with Crippen LogP contribution in [0.2, 0.25) is 10.0 Å². The van der Waals surface area contributed by atoms with Gasteiger partial charge in [0, 0.05) is 23.2 Å². The van der Waals surface area contributed by atoms with Crippen LogP contribution in [0.25, 0.3) is 0 Å². The summed E-state index contributed by atoms with van der Waals surface area (Å²) < 4.78 is 47.6. The van der Waals surface area contributed by atoms with Gasteiger partial charge in [0.25, 0.3) is 10.0 Å². The molecule has 162 valence electrons. The van der Waals surface area contributed by atoms with E-state index in [1.807, 2.05) is 0 Å². The summed E-state index contributed by atoms with van der Waals surface area (Å²) in [5.74, 6) is -1.40. The lowest BCUT2D eigenvalue weighted by molar-refractivity contribution is -0.122. The number of hydrogen-bond donors (Lipinski definition) is 1. The van der Waals surface area contributed by atoms with E-state index in [1.165, 1.54) is 43.3 Å². The zero-order chi connectivity index (χ0) is 21.9. The molecule has 1 amide bonds. The van der Waals surface area contributed by atoms with Crippen LogP contribution in [-0.2, 0) is 19.6 Å². The van der Waals surface area contributed by atoms with E-state index in [4.69, 9.17) is 27.9 Å². The maximum absolute atomic E-state index is 14.6. The lowest BCUT2D eigenvalue weighted by Crippen LogP contribution is -2.49. The minimum absolute atomic E-state index is 0.120. The van der Waals surface area contributed by atoms with E-state index in [0.29, 0.717) is 11.6 Å². The topological polar surface area (TPSA) is 75.7 Å². The highest BCUT2D eigenvalue weighted by atomic mass is 35.5. The van der Waals surface area contributed by atoms with Gasteiger partial charge in [-0.25, -0.2) is 12.8 Å². The second-order valence-corrected chi connectivity index (χ2v) is 9.59. The van der Waals surface area contributed by atoms with Gasteiger partial charge in [-0.3, -0.25) is 9.10 Å². The van der Waals surface area contributed by atoms with Crippen molar-refractivity contribution in [2.45, 2.75) is 36.8 Å². The molecule has 2 aromatic rings. The normalized spacial score (nSPS) is 17.5. The van der Waals surface area contributed by atoms with E-state index in [1.54, 1.807) is 0 Å². The minimum atomic E-state index is -4.31. The summed E-state index contributed by atoms with van der Waals surface area (Å²) in [6.45, 7) is 2.26. The molecular formula is C20H21Cl2FN2O4S. The number of sulfonamides is 1. The van der Waals surface area contributed by atoms with Crippen molar-refractivity contribution in [3.8, 4) is 0 Å². The monoisotopic (exact) mass is 474 g/mol. The molecule has 1 saturated heterocycles. The molecule has 30 heavy (non-hydrogen) atoms. The SMILES string of the molecule is CC(C(=O)NCC1CCCO1)N(c1cc(Cl)ccc1F)S(=O)(=O)c1ccc(Cl)cc1. The number of carbonyl (C=O) groups excluding carboxylic acids is 1. The molecule has 3 rings (SSSR count). The molecule has 2 unspecified atom stereocenters. The molecule has 0 bridgehead atoms. The minimum Gasteiger partial charge on any atom is -0.376 e. The van der Waals surface area contributed by atoms with Gasteiger partial charge in [-0.2, -0.15) is 0 Å². The van der Waals surface area contributed by atoms with Crippen molar-refractivity contribution in [3.63, 3.8) is 0 Å². The van der Waals surface area contributed by atoms with Crippen molar-refractivity contribution in [3.05, 3.63) is 58.3 Å². The Morgan fingerprint density at radius 2 is 1.90 bits per heavy atom. The molecule has 1 heterocycles. The fraction of sp³-hybridized carbons (Fsp3) is 0.350. The number of amides is 1. The van der Waals surface area contributed by atoms with E-state index >= 15 is 0 Å². The highest BCUT2D eigenvalue weighted by Crippen LogP contribution is 2.31. The molecule has 2 atom stereocenters. The van der Waals surface area contributed by atoms with Crippen LogP contribution in [0.3, 0.4) is 0 Å². The van der Waals surface area contributed by atoms with Gasteiger partial charge in [0.15, 0.2) is 0 Å². The Morgan fingerprint density at radius 3 is 2.53 bits per heavy atom. The zero-order valence-corrected chi connectivity index (χ0v) is 18.5. The van der Waals surface area contributed by atoms with Gasteiger partial charge in [0.2, 0.25) is 5.91 Å². The van der Waals surface area contributed by atoms with E-state index in [0.717, 1.165) is 23.2 Å². The molecular weight excluding hydrogens is 454 g/mol. The van der Waals surface area contributed by atoms with Crippen molar-refractivity contribution in [1.82, 2.24) is 5.32 Å². The third-order valence-electron chi connectivity index (χ3n) is 4.78. The number of nitrogens with zero attached hydrogens (tertiary/aromatic N) is 1. The second-order valence-electron chi connectivity index (χ2n) is 6.91. The molecule has 1 fully saturated rings. The van der Waals surface area contributed by atoms with Crippen LogP contribution in [0.5, 0.6) is 0 Å². The Bertz CT molecular complexity index is 1010. The van der Waals surface area contributed by atoms with Crippen LogP contribution >= 0.6 is 23.2 Å². The Balaban J connectivity index is 1.97.